The van der Waals surface area contributed by atoms with E-state index in [-0.39, 0.29) is 0 Å². The molecule has 1 aliphatic heterocycles. The number of nitrogens with two attached hydrogens (primary N) is 1. The molecule has 1 aliphatic rings. The molecule has 2 rings (SSSR count). The zero-order chi connectivity index (χ0) is 13.8. The first kappa shape index (κ1) is 14.0. The van der Waals surface area contributed by atoms with Crippen LogP contribution in [-0.4, -0.2) is 44.7 Å². The van der Waals surface area contributed by atoms with Crippen molar-refractivity contribution in [3.8, 4) is 5.75 Å². The summed E-state index contributed by atoms with van der Waals surface area (Å²) in [5.41, 5.74) is 7.86. The van der Waals surface area contributed by atoms with Crippen LogP contribution >= 0.6 is 0 Å². The van der Waals surface area contributed by atoms with E-state index in [1.807, 2.05) is 13.0 Å². The molecule has 0 amide bonds. The quantitative estimate of drug-likeness (QED) is 0.846. The highest BCUT2D eigenvalue weighted by Crippen LogP contribution is 2.29. The van der Waals surface area contributed by atoms with E-state index in [0.717, 1.165) is 18.8 Å². The smallest absolute Gasteiger partial charge is 0.144 e. The van der Waals surface area contributed by atoms with Crippen LogP contribution in [0, 0.1) is 0 Å². The van der Waals surface area contributed by atoms with E-state index in [0.29, 0.717) is 18.3 Å². The summed E-state index contributed by atoms with van der Waals surface area (Å²) in [6, 6.07) is 6.73. The summed E-state index contributed by atoms with van der Waals surface area (Å²) in [6.45, 7) is 4.81. The second kappa shape index (κ2) is 6.15. The third-order valence-electron chi connectivity index (χ3n) is 3.79. The third-order valence-corrected chi connectivity index (χ3v) is 3.79. The van der Waals surface area contributed by atoms with Crippen molar-refractivity contribution in [1.29, 1.82) is 0 Å². The lowest BCUT2D eigenvalue weighted by molar-refractivity contribution is 0.258. The van der Waals surface area contributed by atoms with Crippen molar-refractivity contribution in [1.82, 2.24) is 4.90 Å². The Balaban J connectivity index is 2.14. The summed E-state index contributed by atoms with van der Waals surface area (Å²) in [5.74, 6) is 0.798. The van der Waals surface area contributed by atoms with Gasteiger partial charge >= 0.3 is 0 Å². The van der Waals surface area contributed by atoms with Gasteiger partial charge in [0, 0.05) is 30.9 Å². The van der Waals surface area contributed by atoms with Gasteiger partial charge < -0.3 is 20.3 Å². The summed E-state index contributed by atoms with van der Waals surface area (Å²) in [5, 5.41) is 0. The number of benzene rings is 1. The standard InChI is InChI=1S/C15H25N3O/c1-4-19-15-10-12(7-8-14(15)16)18-9-5-6-13(11-18)17(2)3/h7-8,10,13H,4-6,9,11,16H2,1-3H3. The van der Waals surface area contributed by atoms with Crippen LogP contribution in [0.1, 0.15) is 19.8 Å². The van der Waals surface area contributed by atoms with E-state index in [9.17, 15) is 0 Å². The fraction of sp³-hybridized carbons (Fsp3) is 0.600. The second-order valence-electron chi connectivity index (χ2n) is 5.36. The van der Waals surface area contributed by atoms with Crippen LogP contribution < -0.4 is 15.4 Å². The molecule has 1 heterocycles. The van der Waals surface area contributed by atoms with E-state index < -0.39 is 0 Å². The number of nitrogen functional groups attached to an aromatic ring is 1. The Morgan fingerprint density at radius 2 is 2.21 bits per heavy atom. The van der Waals surface area contributed by atoms with Gasteiger partial charge in [-0.05, 0) is 46.0 Å². The lowest BCUT2D eigenvalue weighted by Gasteiger charge is -2.37. The number of piperidine rings is 1. The Morgan fingerprint density at radius 1 is 1.42 bits per heavy atom. The van der Waals surface area contributed by atoms with Crippen LogP contribution in [0.2, 0.25) is 0 Å². The lowest BCUT2D eigenvalue weighted by atomic mass is 10.0. The Bertz CT molecular complexity index is 420. The molecule has 1 unspecified atom stereocenters. The number of hydrogen-bond donors (Lipinski definition) is 1. The molecule has 1 fully saturated rings. The Morgan fingerprint density at radius 3 is 2.89 bits per heavy atom. The van der Waals surface area contributed by atoms with Crippen LogP contribution in [0.3, 0.4) is 0 Å². The minimum Gasteiger partial charge on any atom is -0.492 e. The number of likely N-dealkylation sites (N-methyl/N-ethyl adjacent to an activating group) is 1. The highest BCUT2D eigenvalue weighted by Gasteiger charge is 2.22. The highest BCUT2D eigenvalue weighted by atomic mass is 16.5. The molecule has 1 aromatic rings. The van der Waals surface area contributed by atoms with Crippen molar-refractivity contribution < 1.29 is 4.74 Å². The summed E-state index contributed by atoms with van der Waals surface area (Å²) >= 11 is 0. The zero-order valence-corrected chi connectivity index (χ0v) is 12.2. The minimum absolute atomic E-state index is 0.627. The molecular weight excluding hydrogens is 238 g/mol. The van der Waals surface area contributed by atoms with Gasteiger partial charge in [-0.3, -0.25) is 0 Å². The molecule has 0 aliphatic carbocycles. The van der Waals surface area contributed by atoms with Crippen molar-refractivity contribution in [2.24, 2.45) is 0 Å². The molecule has 1 atom stereocenters. The monoisotopic (exact) mass is 263 g/mol. The average Bonchev–Trinajstić information content (AvgIpc) is 2.41. The third kappa shape index (κ3) is 3.32. The van der Waals surface area contributed by atoms with Gasteiger partial charge in [-0.1, -0.05) is 0 Å². The van der Waals surface area contributed by atoms with Gasteiger partial charge in [-0.2, -0.15) is 0 Å². The topological polar surface area (TPSA) is 41.7 Å². The molecule has 19 heavy (non-hydrogen) atoms. The maximum atomic E-state index is 5.93. The first-order valence-corrected chi connectivity index (χ1v) is 7.05. The molecule has 0 aromatic heterocycles. The average molecular weight is 263 g/mol. The van der Waals surface area contributed by atoms with Crippen LogP contribution in [0.5, 0.6) is 5.75 Å². The first-order chi connectivity index (χ1) is 9.11. The first-order valence-electron chi connectivity index (χ1n) is 7.05. The second-order valence-corrected chi connectivity index (χ2v) is 5.36. The molecule has 0 saturated carbocycles. The van der Waals surface area contributed by atoms with Crippen LogP contribution in [0.15, 0.2) is 18.2 Å². The van der Waals surface area contributed by atoms with Gasteiger partial charge in [-0.25, -0.2) is 0 Å². The van der Waals surface area contributed by atoms with E-state index in [4.69, 9.17) is 10.5 Å². The fourth-order valence-electron chi connectivity index (χ4n) is 2.61. The van der Waals surface area contributed by atoms with E-state index in [2.05, 4.69) is 36.0 Å². The largest absolute Gasteiger partial charge is 0.492 e. The summed E-state index contributed by atoms with van der Waals surface area (Å²) in [4.78, 5) is 4.74. The van der Waals surface area contributed by atoms with Crippen LogP contribution in [0.25, 0.3) is 0 Å². The van der Waals surface area contributed by atoms with Crippen LogP contribution in [0.4, 0.5) is 11.4 Å². The molecule has 106 valence electrons. The molecule has 0 radical (unpaired) electrons. The number of anilines is 2. The van der Waals surface area contributed by atoms with Gasteiger partial charge in [0.25, 0.3) is 0 Å². The summed E-state index contributed by atoms with van der Waals surface area (Å²) in [7, 11) is 4.31. The fourth-order valence-corrected chi connectivity index (χ4v) is 2.61. The molecule has 2 N–H and O–H groups in total. The summed E-state index contributed by atoms with van der Waals surface area (Å²) < 4.78 is 5.58. The molecule has 4 heteroatoms. The molecular formula is C15H25N3O. The number of nitrogens with zero attached hydrogens (tertiary/aromatic N) is 2. The zero-order valence-electron chi connectivity index (χ0n) is 12.2. The van der Waals surface area contributed by atoms with Crippen molar-refractivity contribution in [3.63, 3.8) is 0 Å². The highest BCUT2D eigenvalue weighted by molar-refractivity contribution is 5.62. The van der Waals surface area contributed by atoms with Gasteiger partial charge in [0.1, 0.15) is 5.75 Å². The van der Waals surface area contributed by atoms with Crippen LogP contribution in [-0.2, 0) is 0 Å². The predicted molar refractivity (Wildman–Crippen MR) is 80.9 cm³/mol. The SMILES string of the molecule is CCOc1cc(N2CCCC(N(C)C)C2)ccc1N. The van der Waals surface area contributed by atoms with Gasteiger partial charge in [0.05, 0.1) is 12.3 Å². The van der Waals surface area contributed by atoms with Gasteiger partial charge in [0.15, 0.2) is 0 Å². The van der Waals surface area contributed by atoms with Gasteiger partial charge in [-0.15, -0.1) is 0 Å². The van der Waals surface area contributed by atoms with E-state index >= 15 is 0 Å². The van der Waals surface area contributed by atoms with Crippen molar-refractivity contribution in [2.45, 2.75) is 25.8 Å². The predicted octanol–water partition coefficient (Wildman–Crippen LogP) is 2.20. The molecule has 0 bridgehead atoms. The van der Waals surface area contributed by atoms with Gasteiger partial charge in [0.2, 0.25) is 0 Å². The molecule has 1 saturated heterocycles. The maximum absolute atomic E-state index is 5.93. The lowest BCUT2D eigenvalue weighted by Crippen LogP contribution is -2.45. The van der Waals surface area contributed by atoms with Crippen molar-refractivity contribution >= 4 is 11.4 Å². The van der Waals surface area contributed by atoms with Crippen molar-refractivity contribution in [2.75, 3.05) is 44.4 Å². The summed E-state index contributed by atoms with van der Waals surface area (Å²) in [6.07, 6.45) is 2.51. The number of hydrogen-bond acceptors (Lipinski definition) is 4. The number of ether oxygens (including phenoxy) is 1. The van der Waals surface area contributed by atoms with E-state index in [1.54, 1.807) is 0 Å². The molecule has 4 nitrogen and oxygen atoms in total. The number of rotatable bonds is 4. The van der Waals surface area contributed by atoms with E-state index in [1.165, 1.54) is 18.5 Å². The molecule has 1 aromatic carbocycles. The normalized spacial score (nSPS) is 19.8. The maximum Gasteiger partial charge on any atom is 0.144 e. The minimum atomic E-state index is 0.627. The Labute approximate surface area is 116 Å². The van der Waals surface area contributed by atoms with Crippen molar-refractivity contribution in [3.05, 3.63) is 18.2 Å². The molecule has 0 spiro atoms. The Hall–Kier alpha value is -1.42. The Kier molecular flexibility index (Phi) is 4.53.